The Morgan fingerprint density at radius 2 is 1.88 bits per heavy atom. The predicted octanol–water partition coefficient (Wildman–Crippen LogP) is 2.88. The number of amides is 1. The van der Waals surface area contributed by atoms with E-state index < -0.39 is 5.97 Å². The normalized spacial score (nSPS) is 22.8. The Kier molecular flexibility index (Phi) is 6.97. The van der Waals surface area contributed by atoms with Crippen LogP contribution in [-0.2, 0) is 9.59 Å². The van der Waals surface area contributed by atoms with Gasteiger partial charge in [-0.3, -0.25) is 14.5 Å². The molecule has 2 heterocycles. The molecule has 2 atom stereocenters. The van der Waals surface area contributed by atoms with E-state index in [9.17, 15) is 9.59 Å². The van der Waals surface area contributed by atoms with Crippen LogP contribution in [0.15, 0.2) is 30.3 Å². The van der Waals surface area contributed by atoms with Gasteiger partial charge in [-0.1, -0.05) is 30.3 Å². The number of hydrogen-bond acceptors (Lipinski definition) is 4. The molecule has 3 rings (SSSR count). The van der Waals surface area contributed by atoms with Crippen molar-refractivity contribution < 1.29 is 14.7 Å². The molecular weight excluding hydrogens is 348 g/mol. The van der Waals surface area contributed by atoms with Gasteiger partial charge in [-0.15, -0.1) is 0 Å². The second-order valence-electron chi connectivity index (χ2n) is 7.19. The number of carboxylic acid groups (broad SMARTS) is 1. The summed E-state index contributed by atoms with van der Waals surface area (Å²) in [5.41, 5.74) is 1.07. The van der Waals surface area contributed by atoms with Gasteiger partial charge in [0.1, 0.15) is 6.04 Å². The molecular formula is C20H28N2O3S. The van der Waals surface area contributed by atoms with E-state index in [1.165, 1.54) is 0 Å². The second-order valence-corrected chi connectivity index (χ2v) is 8.41. The van der Waals surface area contributed by atoms with Crippen LogP contribution in [0.25, 0.3) is 0 Å². The summed E-state index contributed by atoms with van der Waals surface area (Å²) in [6.07, 6.45) is 2.84. The highest BCUT2D eigenvalue weighted by Crippen LogP contribution is 2.29. The number of likely N-dealkylation sites (tertiary alicyclic amines) is 1. The van der Waals surface area contributed by atoms with Gasteiger partial charge in [-0.05, 0) is 30.7 Å². The maximum atomic E-state index is 13.4. The van der Waals surface area contributed by atoms with Crippen LogP contribution in [0.2, 0.25) is 0 Å². The molecule has 1 N–H and O–H groups in total. The molecule has 2 unspecified atom stereocenters. The van der Waals surface area contributed by atoms with E-state index in [4.69, 9.17) is 5.11 Å². The van der Waals surface area contributed by atoms with Gasteiger partial charge >= 0.3 is 5.97 Å². The Labute approximate surface area is 159 Å². The summed E-state index contributed by atoms with van der Waals surface area (Å²) in [5, 5.41) is 8.94. The molecule has 26 heavy (non-hydrogen) atoms. The third-order valence-corrected chi connectivity index (χ3v) is 6.30. The molecule has 0 bridgehead atoms. The van der Waals surface area contributed by atoms with Crippen molar-refractivity contribution >= 4 is 23.6 Å². The van der Waals surface area contributed by atoms with Crippen molar-refractivity contribution in [2.75, 3.05) is 37.7 Å². The SMILES string of the molecule is O=C(O)CCC1CCCN(C(=O)C(c2ccccc2)N2CCSCC2)C1. The van der Waals surface area contributed by atoms with Crippen LogP contribution in [-0.4, -0.2) is 64.5 Å². The maximum Gasteiger partial charge on any atom is 0.303 e. The van der Waals surface area contributed by atoms with Crippen LogP contribution in [0.5, 0.6) is 0 Å². The molecule has 2 aliphatic heterocycles. The van der Waals surface area contributed by atoms with E-state index in [2.05, 4.69) is 17.0 Å². The number of nitrogens with zero attached hydrogens (tertiary/aromatic N) is 2. The molecule has 2 fully saturated rings. The van der Waals surface area contributed by atoms with Gasteiger partial charge in [0.25, 0.3) is 0 Å². The molecule has 6 heteroatoms. The first-order valence-corrected chi connectivity index (χ1v) is 10.7. The lowest BCUT2D eigenvalue weighted by molar-refractivity contribution is -0.139. The Morgan fingerprint density at radius 3 is 2.58 bits per heavy atom. The minimum Gasteiger partial charge on any atom is -0.481 e. The van der Waals surface area contributed by atoms with Crippen LogP contribution in [0.3, 0.4) is 0 Å². The molecule has 2 aliphatic rings. The highest BCUT2D eigenvalue weighted by atomic mass is 32.2. The smallest absolute Gasteiger partial charge is 0.303 e. The number of piperidine rings is 1. The summed E-state index contributed by atoms with van der Waals surface area (Å²) < 4.78 is 0. The molecule has 0 spiro atoms. The quantitative estimate of drug-likeness (QED) is 0.827. The highest BCUT2D eigenvalue weighted by molar-refractivity contribution is 7.99. The summed E-state index contributed by atoms with van der Waals surface area (Å²) in [6, 6.07) is 9.88. The Hall–Kier alpha value is -1.53. The van der Waals surface area contributed by atoms with Crippen molar-refractivity contribution in [2.45, 2.75) is 31.7 Å². The van der Waals surface area contributed by atoms with E-state index in [0.717, 1.165) is 49.5 Å². The van der Waals surface area contributed by atoms with Gasteiger partial charge in [-0.25, -0.2) is 0 Å². The van der Waals surface area contributed by atoms with Crippen LogP contribution in [0, 0.1) is 5.92 Å². The van der Waals surface area contributed by atoms with Crippen molar-refractivity contribution in [3.8, 4) is 0 Å². The molecule has 0 aliphatic carbocycles. The Morgan fingerprint density at radius 1 is 1.15 bits per heavy atom. The summed E-state index contributed by atoms with van der Waals surface area (Å²) in [6.45, 7) is 3.35. The lowest BCUT2D eigenvalue weighted by Crippen LogP contribution is -2.48. The van der Waals surface area contributed by atoms with Crippen molar-refractivity contribution in [1.29, 1.82) is 0 Å². The predicted molar refractivity (Wildman–Crippen MR) is 104 cm³/mol. The van der Waals surface area contributed by atoms with Gasteiger partial charge in [0.15, 0.2) is 0 Å². The first kappa shape index (κ1) is 19.2. The summed E-state index contributed by atoms with van der Waals surface area (Å²) >= 11 is 1.95. The lowest BCUT2D eigenvalue weighted by Gasteiger charge is -2.39. The molecule has 0 aromatic heterocycles. The number of rotatable bonds is 6. The average molecular weight is 377 g/mol. The standard InChI is InChI=1S/C20H28N2O3S/c23-18(24)9-8-16-5-4-10-22(15-16)20(25)19(17-6-2-1-3-7-17)21-11-13-26-14-12-21/h1-3,6-7,16,19H,4-5,8-15H2,(H,23,24). The van der Waals surface area contributed by atoms with Crippen molar-refractivity contribution in [3.63, 3.8) is 0 Å². The zero-order chi connectivity index (χ0) is 18.4. The number of hydrogen-bond donors (Lipinski definition) is 1. The minimum atomic E-state index is -0.749. The van der Waals surface area contributed by atoms with E-state index in [1.807, 2.05) is 34.9 Å². The summed E-state index contributed by atoms with van der Waals surface area (Å²) in [5.74, 6) is 1.87. The second kappa shape index (κ2) is 9.42. The molecule has 1 amide bonds. The summed E-state index contributed by atoms with van der Waals surface area (Å²) in [7, 11) is 0. The van der Waals surface area contributed by atoms with E-state index >= 15 is 0 Å². The first-order chi connectivity index (χ1) is 12.6. The van der Waals surface area contributed by atoms with Gasteiger partial charge in [0, 0.05) is 44.1 Å². The van der Waals surface area contributed by atoms with E-state index in [0.29, 0.717) is 18.9 Å². The van der Waals surface area contributed by atoms with Crippen LogP contribution in [0.4, 0.5) is 0 Å². The number of carboxylic acids is 1. The zero-order valence-corrected chi connectivity index (χ0v) is 16.0. The highest BCUT2D eigenvalue weighted by Gasteiger charge is 2.34. The molecule has 2 saturated heterocycles. The number of carbonyl (C=O) groups is 2. The molecule has 1 aromatic rings. The summed E-state index contributed by atoms with van der Waals surface area (Å²) in [4.78, 5) is 28.6. The molecule has 1 aromatic carbocycles. The largest absolute Gasteiger partial charge is 0.481 e. The fourth-order valence-electron chi connectivity index (χ4n) is 3.98. The number of aliphatic carboxylic acids is 1. The Balaban J connectivity index is 1.73. The van der Waals surface area contributed by atoms with Gasteiger partial charge in [-0.2, -0.15) is 11.8 Å². The third kappa shape index (κ3) is 5.01. The van der Waals surface area contributed by atoms with Crippen molar-refractivity contribution in [2.24, 2.45) is 5.92 Å². The monoisotopic (exact) mass is 376 g/mol. The van der Waals surface area contributed by atoms with Crippen molar-refractivity contribution in [1.82, 2.24) is 9.80 Å². The van der Waals surface area contributed by atoms with Crippen LogP contribution >= 0.6 is 11.8 Å². The fourth-order valence-corrected chi connectivity index (χ4v) is 4.91. The van der Waals surface area contributed by atoms with Gasteiger partial charge < -0.3 is 10.0 Å². The number of carbonyl (C=O) groups excluding carboxylic acids is 1. The third-order valence-electron chi connectivity index (χ3n) is 5.36. The van der Waals surface area contributed by atoms with Crippen LogP contribution < -0.4 is 0 Å². The van der Waals surface area contributed by atoms with Crippen molar-refractivity contribution in [3.05, 3.63) is 35.9 Å². The Bertz CT molecular complexity index is 604. The number of benzene rings is 1. The fraction of sp³-hybridized carbons (Fsp3) is 0.600. The van der Waals surface area contributed by atoms with Gasteiger partial charge in [0.05, 0.1) is 0 Å². The first-order valence-electron chi connectivity index (χ1n) is 9.52. The lowest BCUT2D eigenvalue weighted by atomic mass is 9.92. The number of thioether (sulfide) groups is 1. The van der Waals surface area contributed by atoms with Crippen LogP contribution in [0.1, 0.15) is 37.3 Å². The van der Waals surface area contributed by atoms with E-state index in [-0.39, 0.29) is 18.4 Å². The topological polar surface area (TPSA) is 60.9 Å². The molecule has 142 valence electrons. The maximum absolute atomic E-state index is 13.4. The molecule has 5 nitrogen and oxygen atoms in total. The zero-order valence-electron chi connectivity index (χ0n) is 15.2. The average Bonchev–Trinajstić information content (AvgIpc) is 2.68. The molecule has 0 radical (unpaired) electrons. The minimum absolute atomic E-state index is 0.183. The molecule has 0 saturated carbocycles. The van der Waals surface area contributed by atoms with Gasteiger partial charge in [0.2, 0.25) is 5.91 Å². The van der Waals surface area contributed by atoms with E-state index in [1.54, 1.807) is 0 Å².